The number of hydrogen-bond donors (Lipinski definition) is 1. The van der Waals surface area contributed by atoms with Crippen LogP contribution >= 0.6 is 0 Å². The van der Waals surface area contributed by atoms with Crippen LogP contribution in [-0.4, -0.2) is 19.3 Å². The molecule has 0 bridgehead atoms. The van der Waals surface area contributed by atoms with Gasteiger partial charge >= 0.3 is 0 Å². The minimum atomic E-state index is -0.0657. The van der Waals surface area contributed by atoms with E-state index < -0.39 is 0 Å². The Kier molecular flexibility index (Phi) is 4.11. The zero-order valence-corrected chi connectivity index (χ0v) is 11.3. The molecule has 102 valence electrons. The zero-order valence-electron chi connectivity index (χ0n) is 11.3. The second kappa shape index (κ2) is 5.79. The van der Waals surface area contributed by atoms with Gasteiger partial charge in [0.25, 0.3) is 5.56 Å². The summed E-state index contributed by atoms with van der Waals surface area (Å²) < 4.78 is 3.45. The third-order valence-electron chi connectivity index (χ3n) is 2.86. The van der Waals surface area contributed by atoms with Gasteiger partial charge in [-0.3, -0.25) is 4.79 Å². The maximum absolute atomic E-state index is 12.1. The Morgan fingerprint density at radius 2 is 2.21 bits per heavy atom. The van der Waals surface area contributed by atoms with Gasteiger partial charge < -0.3 is 10.3 Å². The van der Waals surface area contributed by atoms with Crippen LogP contribution in [0.2, 0.25) is 0 Å². The van der Waals surface area contributed by atoms with Gasteiger partial charge in [-0.2, -0.15) is 5.10 Å². The van der Waals surface area contributed by atoms with Gasteiger partial charge in [-0.15, -0.1) is 0 Å². The fourth-order valence-corrected chi connectivity index (χ4v) is 1.93. The summed E-state index contributed by atoms with van der Waals surface area (Å²) in [5.41, 5.74) is 6.09. The average molecular weight is 261 g/mol. The van der Waals surface area contributed by atoms with Crippen LogP contribution in [0.25, 0.3) is 0 Å². The summed E-state index contributed by atoms with van der Waals surface area (Å²) in [6, 6.07) is 3.57. The van der Waals surface area contributed by atoms with E-state index in [1.807, 2.05) is 10.7 Å². The molecule has 0 radical (unpaired) electrons. The molecule has 0 aliphatic carbocycles. The third kappa shape index (κ3) is 3.08. The van der Waals surface area contributed by atoms with Gasteiger partial charge in [-0.25, -0.2) is 9.67 Å². The topological polar surface area (TPSA) is 78.7 Å². The number of nitrogens with zero attached hydrogens (tertiary/aromatic N) is 4. The van der Waals surface area contributed by atoms with Crippen LogP contribution in [0.3, 0.4) is 0 Å². The average Bonchev–Trinajstić information content (AvgIpc) is 2.78. The number of nitrogens with two attached hydrogens (primary N) is 1. The largest absolute Gasteiger partial charge is 0.326 e. The lowest BCUT2D eigenvalue weighted by Gasteiger charge is -2.10. The van der Waals surface area contributed by atoms with E-state index in [4.69, 9.17) is 5.73 Å². The van der Waals surface area contributed by atoms with Crippen LogP contribution in [-0.2, 0) is 19.6 Å². The van der Waals surface area contributed by atoms with Crippen LogP contribution in [0.4, 0.5) is 0 Å². The Balaban J connectivity index is 2.27. The molecule has 0 aliphatic heterocycles. The van der Waals surface area contributed by atoms with Crippen molar-refractivity contribution in [2.75, 3.05) is 0 Å². The fourth-order valence-electron chi connectivity index (χ4n) is 1.93. The Morgan fingerprint density at radius 3 is 2.89 bits per heavy atom. The Hall–Kier alpha value is -1.95. The first-order valence-electron chi connectivity index (χ1n) is 6.37. The highest BCUT2D eigenvalue weighted by Crippen LogP contribution is 2.03. The number of aromatic nitrogens is 4. The van der Waals surface area contributed by atoms with Crippen LogP contribution in [0.15, 0.2) is 29.5 Å². The molecule has 0 atom stereocenters. The van der Waals surface area contributed by atoms with E-state index in [9.17, 15) is 4.79 Å². The Labute approximate surface area is 111 Å². The van der Waals surface area contributed by atoms with Gasteiger partial charge in [0.05, 0.1) is 6.54 Å². The molecule has 0 unspecified atom stereocenters. The standard InChI is InChI=1S/C13H19N5O/c1-10(2)7-18-12(15-9-16-18)8-17-5-3-4-11(6-14)13(17)19/h3-5,9-10H,6-8,14H2,1-2H3. The van der Waals surface area contributed by atoms with Crippen LogP contribution < -0.4 is 11.3 Å². The van der Waals surface area contributed by atoms with Crippen LogP contribution in [0, 0.1) is 5.92 Å². The van der Waals surface area contributed by atoms with Gasteiger partial charge in [0.2, 0.25) is 0 Å². The highest BCUT2D eigenvalue weighted by molar-refractivity contribution is 5.10. The molecule has 0 amide bonds. The molecule has 2 aromatic heterocycles. The van der Waals surface area contributed by atoms with Crippen molar-refractivity contribution in [2.24, 2.45) is 11.7 Å². The van der Waals surface area contributed by atoms with Crippen molar-refractivity contribution >= 4 is 0 Å². The molecule has 19 heavy (non-hydrogen) atoms. The highest BCUT2D eigenvalue weighted by Gasteiger charge is 2.08. The number of rotatable bonds is 5. The van der Waals surface area contributed by atoms with Crippen molar-refractivity contribution in [1.29, 1.82) is 0 Å². The molecule has 2 heterocycles. The van der Waals surface area contributed by atoms with Gasteiger partial charge in [0.15, 0.2) is 0 Å². The fraction of sp³-hybridized carbons (Fsp3) is 0.462. The Bertz CT molecular complexity index is 599. The molecule has 2 N–H and O–H groups in total. The lowest BCUT2D eigenvalue weighted by Crippen LogP contribution is -2.26. The summed E-state index contributed by atoms with van der Waals surface area (Å²) in [7, 11) is 0. The minimum absolute atomic E-state index is 0.0657. The Morgan fingerprint density at radius 1 is 1.42 bits per heavy atom. The minimum Gasteiger partial charge on any atom is -0.326 e. The predicted molar refractivity (Wildman–Crippen MR) is 72.6 cm³/mol. The number of pyridine rings is 1. The molecule has 0 saturated carbocycles. The van der Waals surface area contributed by atoms with Crippen LogP contribution in [0.5, 0.6) is 0 Å². The summed E-state index contributed by atoms with van der Waals surface area (Å²) in [5, 5.41) is 4.19. The zero-order chi connectivity index (χ0) is 13.8. The molecule has 0 fully saturated rings. The summed E-state index contributed by atoms with van der Waals surface area (Å²) >= 11 is 0. The second-order valence-electron chi connectivity index (χ2n) is 4.92. The van der Waals surface area contributed by atoms with Gasteiger partial charge in [-0.1, -0.05) is 19.9 Å². The highest BCUT2D eigenvalue weighted by atomic mass is 16.1. The van der Waals surface area contributed by atoms with E-state index in [0.717, 1.165) is 12.4 Å². The first-order valence-corrected chi connectivity index (χ1v) is 6.37. The maximum Gasteiger partial charge on any atom is 0.255 e. The first-order chi connectivity index (χ1) is 9.11. The second-order valence-corrected chi connectivity index (χ2v) is 4.92. The van der Waals surface area contributed by atoms with Crippen molar-refractivity contribution in [3.05, 3.63) is 46.4 Å². The monoisotopic (exact) mass is 261 g/mol. The predicted octanol–water partition coefficient (Wildman–Crippen LogP) is 0.603. The smallest absolute Gasteiger partial charge is 0.255 e. The van der Waals surface area contributed by atoms with E-state index in [1.54, 1.807) is 16.8 Å². The van der Waals surface area contributed by atoms with Crippen molar-refractivity contribution in [1.82, 2.24) is 19.3 Å². The lowest BCUT2D eigenvalue weighted by atomic mass is 10.2. The molecule has 0 aromatic carbocycles. The van der Waals surface area contributed by atoms with Gasteiger partial charge in [-0.05, 0) is 12.0 Å². The third-order valence-corrected chi connectivity index (χ3v) is 2.86. The summed E-state index contributed by atoms with van der Waals surface area (Å²) in [4.78, 5) is 16.3. The van der Waals surface area contributed by atoms with Crippen molar-refractivity contribution < 1.29 is 0 Å². The molecule has 2 aromatic rings. The van der Waals surface area contributed by atoms with E-state index in [0.29, 0.717) is 18.0 Å². The summed E-state index contributed by atoms with van der Waals surface area (Å²) in [6.45, 7) is 5.69. The molecule has 0 saturated heterocycles. The van der Waals surface area contributed by atoms with E-state index >= 15 is 0 Å². The van der Waals surface area contributed by atoms with Crippen molar-refractivity contribution in [2.45, 2.75) is 33.5 Å². The van der Waals surface area contributed by atoms with Gasteiger partial charge in [0, 0.05) is 24.8 Å². The normalized spacial score (nSPS) is 11.2. The number of hydrogen-bond acceptors (Lipinski definition) is 4. The van der Waals surface area contributed by atoms with Crippen molar-refractivity contribution in [3.63, 3.8) is 0 Å². The summed E-state index contributed by atoms with van der Waals surface area (Å²) in [5.74, 6) is 1.26. The van der Waals surface area contributed by atoms with E-state index in [-0.39, 0.29) is 12.1 Å². The van der Waals surface area contributed by atoms with Crippen molar-refractivity contribution in [3.8, 4) is 0 Å². The van der Waals surface area contributed by atoms with Crippen LogP contribution in [0.1, 0.15) is 25.2 Å². The molecule has 0 spiro atoms. The molecule has 0 aliphatic rings. The lowest BCUT2D eigenvalue weighted by molar-refractivity contribution is 0.459. The molecular formula is C13H19N5O. The molecule has 2 rings (SSSR count). The quantitative estimate of drug-likeness (QED) is 0.855. The SMILES string of the molecule is CC(C)Cn1ncnc1Cn1cccc(CN)c1=O. The molecule has 6 heteroatoms. The van der Waals surface area contributed by atoms with Gasteiger partial charge in [0.1, 0.15) is 12.2 Å². The van der Waals surface area contributed by atoms with E-state index in [2.05, 4.69) is 23.9 Å². The van der Waals surface area contributed by atoms with E-state index in [1.165, 1.54) is 6.33 Å². The maximum atomic E-state index is 12.1. The first kappa shape index (κ1) is 13.5. The summed E-state index contributed by atoms with van der Waals surface area (Å²) in [6.07, 6.45) is 3.27. The molecule has 6 nitrogen and oxygen atoms in total. The molecular weight excluding hydrogens is 242 g/mol.